The van der Waals surface area contributed by atoms with Crippen molar-refractivity contribution in [3.05, 3.63) is 32.2 Å². The number of ether oxygens (including phenoxy) is 1. The minimum Gasteiger partial charge on any atom is -0.492 e. The molecular weight excluding hydrogens is 406 g/mol. The number of primary amides is 1. The van der Waals surface area contributed by atoms with Gasteiger partial charge in [-0.3, -0.25) is 10.1 Å². The summed E-state index contributed by atoms with van der Waals surface area (Å²) in [6.45, 7) is 2.35. The summed E-state index contributed by atoms with van der Waals surface area (Å²) in [6.07, 6.45) is 1.34. The Balaban J connectivity index is 3.16. The number of carbonyl (C=O) groups excluding carboxylic acids is 2. The Morgan fingerprint density at radius 1 is 1.43 bits per heavy atom. The number of nitrogens with one attached hydrogen (secondary N) is 1. The molecule has 0 radical (unpaired) electrons. The highest BCUT2D eigenvalue weighted by atomic mass is 79.9. The number of nitriles is 1. The SMILES string of the molecule is CCOc1c(Br)cc(/C=C(/C#N)C(=O)NC(N)=O)cc1Br. The molecule has 0 saturated carbocycles. The van der Waals surface area contributed by atoms with E-state index >= 15 is 0 Å². The molecule has 1 rings (SSSR count). The van der Waals surface area contributed by atoms with Gasteiger partial charge in [0.2, 0.25) is 0 Å². The number of benzene rings is 1. The monoisotopic (exact) mass is 415 g/mol. The Morgan fingerprint density at radius 3 is 2.43 bits per heavy atom. The second-order valence-corrected chi connectivity index (χ2v) is 5.44. The van der Waals surface area contributed by atoms with Crippen molar-refractivity contribution < 1.29 is 14.3 Å². The molecule has 0 aliphatic carbocycles. The minimum absolute atomic E-state index is 0.239. The number of hydrogen-bond donors (Lipinski definition) is 2. The number of hydrogen-bond acceptors (Lipinski definition) is 4. The van der Waals surface area contributed by atoms with Gasteiger partial charge in [0.1, 0.15) is 17.4 Å². The van der Waals surface area contributed by atoms with Gasteiger partial charge in [0.05, 0.1) is 15.6 Å². The normalized spacial score (nSPS) is 10.7. The summed E-state index contributed by atoms with van der Waals surface area (Å²) in [7, 11) is 0. The summed E-state index contributed by atoms with van der Waals surface area (Å²) in [5, 5.41) is 10.8. The third-order valence-corrected chi connectivity index (χ3v) is 3.40. The summed E-state index contributed by atoms with van der Waals surface area (Å²) in [5.41, 5.74) is 5.18. The van der Waals surface area contributed by atoms with Crippen molar-refractivity contribution in [3.8, 4) is 11.8 Å². The average Bonchev–Trinajstić information content (AvgIpc) is 2.39. The van der Waals surface area contributed by atoms with Gasteiger partial charge in [-0.05, 0) is 62.6 Å². The fraction of sp³-hybridized carbons (Fsp3) is 0.154. The molecule has 0 bridgehead atoms. The van der Waals surface area contributed by atoms with Crippen LogP contribution in [0.2, 0.25) is 0 Å². The number of nitrogens with zero attached hydrogens (tertiary/aromatic N) is 1. The molecule has 0 spiro atoms. The van der Waals surface area contributed by atoms with E-state index in [1.54, 1.807) is 18.2 Å². The molecule has 0 aromatic heterocycles. The lowest BCUT2D eigenvalue weighted by Crippen LogP contribution is -2.35. The highest BCUT2D eigenvalue weighted by Gasteiger charge is 2.13. The van der Waals surface area contributed by atoms with Crippen LogP contribution in [-0.2, 0) is 4.79 Å². The van der Waals surface area contributed by atoms with Crippen molar-refractivity contribution in [1.82, 2.24) is 5.32 Å². The van der Waals surface area contributed by atoms with E-state index in [-0.39, 0.29) is 5.57 Å². The molecule has 8 heteroatoms. The molecule has 3 N–H and O–H groups in total. The van der Waals surface area contributed by atoms with Crippen LogP contribution in [0.3, 0.4) is 0 Å². The first kappa shape index (κ1) is 17.2. The van der Waals surface area contributed by atoms with Crippen LogP contribution < -0.4 is 15.8 Å². The van der Waals surface area contributed by atoms with Crippen LogP contribution in [0.15, 0.2) is 26.7 Å². The number of carbonyl (C=O) groups is 2. The molecule has 1 aromatic carbocycles. The van der Waals surface area contributed by atoms with Gasteiger partial charge >= 0.3 is 6.03 Å². The van der Waals surface area contributed by atoms with E-state index in [9.17, 15) is 9.59 Å². The molecule has 0 unspecified atom stereocenters. The van der Waals surface area contributed by atoms with E-state index in [0.29, 0.717) is 26.9 Å². The number of rotatable bonds is 4. The van der Waals surface area contributed by atoms with Gasteiger partial charge in [-0.25, -0.2) is 4.79 Å². The van der Waals surface area contributed by atoms with E-state index in [0.717, 1.165) is 0 Å². The highest BCUT2D eigenvalue weighted by Crippen LogP contribution is 2.35. The van der Waals surface area contributed by atoms with Crippen molar-refractivity contribution in [2.75, 3.05) is 6.61 Å². The van der Waals surface area contributed by atoms with Crippen molar-refractivity contribution >= 4 is 49.9 Å². The topological polar surface area (TPSA) is 105 Å². The second-order valence-electron chi connectivity index (χ2n) is 3.73. The Kier molecular flexibility index (Phi) is 6.39. The molecule has 0 atom stereocenters. The lowest BCUT2D eigenvalue weighted by atomic mass is 10.1. The summed E-state index contributed by atoms with van der Waals surface area (Å²) >= 11 is 6.69. The predicted molar refractivity (Wildman–Crippen MR) is 84.3 cm³/mol. The zero-order valence-electron chi connectivity index (χ0n) is 10.9. The van der Waals surface area contributed by atoms with Crippen molar-refractivity contribution in [3.63, 3.8) is 0 Å². The summed E-state index contributed by atoms with van der Waals surface area (Å²) < 4.78 is 6.76. The van der Waals surface area contributed by atoms with Crippen LogP contribution in [0.4, 0.5) is 4.79 Å². The Labute approximate surface area is 138 Å². The number of imide groups is 1. The zero-order valence-corrected chi connectivity index (χ0v) is 14.1. The second kappa shape index (κ2) is 7.81. The first-order chi connectivity index (χ1) is 9.88. The fourth-order valence-electron chi connectivity index (χ4n) is 1.44. The van der Waals surface area contributed by atoms with Gasteiger partial charge in [0, 0.05) is 0 Å². The largest absolute Gasteiger partial charge is 0.492 e. The molecule has 0 aliphatic rings. The van der Waals surface area contributed by atoms with Crippen LogP contribution in [0.5, 0.6) is 5.75 Å². The molecule has 21 heavy (non-hydrogen) atoms. The van der Waals surface area contributed by atoms with E-state index < -0.39 is 11.9 Å². The average molecular weight is 417 g/mol. The van der Waals surface area contributed by atoms with Crippen LogP contribution in [0.1, 0.15) is 12.5 Å². The molecule has 0 fully saturated rings. The summed E-state index contributed by atoms with van der Waals surface area (Å²) in [5.74, 6) is -0.235. The third-order valence-electron chi connectivity index (χ3n) is 2.22. The first-order valence-electron chi connectivity index (χ1n) is 5.73. The third kappa shape index (κ3) is 4.88. The van der Waals surface area contributed by atoms with E-state index in [1.807, 2.05) is 12.2 Å². The van der Waals surface area contributed by atoms with E-state index in [4.69, 9.17) is 15.7 Å². The summed E-state index contributed by atoms with van der Waals surface area (Å²) in [6, 6.07) is 4.07. The van der Waals surface area contributed by atoms with Gasteiger partial charge in [-0.1, -0.05) is 0 Å². The van der Waals surface area contributed by atoms with Gasteiger partial charge in [-0.2, -0.15) is 5.26 Å². The molecule has 0 aliphatic heterocycles. The smallest absolute Gasteiger partial charge is 0.319 e. The van der Waals surface area contributed by atoms with Crippen LogP contribution in [0.25, 0.3) is 6.08 Å². The quantitative estimate of drug-likeness (QED) is 0.581. The standard InChI is InChI=1S/C13H11Br2N3O3/c1-2-21-11-9(14)4-7(5-10(11)15)3-8(6-16)12(19)18-13(17)20/h3-5H,2H2,1H3,(H3,17,18,19,20)/b8-3-. The summed E-state index contributed by atoms with van der Waals surface area (Å²) in [4.78, 5) is 22.2. The van der Waals surface area contributed by atoms with E-state index in [2.05, 4.69) is 31.9 Å². The lowest BCUT2D eigenvalue weighted by molar-refractivity contribution is -0.115. The molecule has 110 valence electrons. The van der Waals surface area contributed by atoms with Gasteiger partial charge < -0.3 is 10.5 Å². The molecule has 0 saturated heterocycles. The molecule has 6 nitrogen and oxygen atoms in total. The number of halogens is 2. The predicted octanol–water partition coefficient (Wildman–Crippen LogP) is 2.71. The van der Waals surface area contributed by atoms with Crippen molar-refractivity contribution in [2.45, 2.75) is 6.92 Å². The minimum atomic E-state index is -1.02. The van der Waals surface area contributed by atoms with Gasteiger partial charge in [-0.15, -0.1) is 0 Å². The Hall–Kier alpha value is -1.85. The van der Waals surface area contributed by atoms with Gasteiger partial charge in [0.15, 0.2) is 0 Å². The highest BCUT2D eigenvalue weighted by molar-refractivity contribution is 9.11. The molecular formula is C13H11Br2N3O3. The van der Waals surface area contributed by atoms with Crippen LogP contribution >= 0.6 is 31.9 Å². The number of nitrogens with two attached hydrogens (primary N) is 1. The number of urea groups is 1. The van der Waals surface area contributed by atoms with Crippen molar-refractivity contribution in [1.29, 1.82) is 5.26 Å². The maximum absolute atomic E-state index is 11.6. The fourth-order valence-corrected chi connectivity index (χ4v) is 2.89. The van der Waals surface area contributed by atoms with E-state index in [1.165, 1.54) is 6.08 Å². The molecule has 3 amide bonds. The lowest BCUT2D eigenvalue weighted by Gasteiger charge is -2.09. The maximum Gasteiger partial charge on any atom is 0.319 e. The zero-order chi connectivity index (χ0) is 16.0. The first-order valence-corrected chi connectivity index (χ1v) is 7.32. The molecule has 0 heterocycles. The Morgan fingerprint density at radius 2 is 2.00 bits per heavy atom. The number of amides is 3. The Bertz CT molecular complexity index is 628. The van der Waals surface area contributed by atoms with Crippen LogP contribution in [-0.4, -0.2) is 18.5 Å². The maximum atomic E-state index is 11.6. The van der Waals surface area contributed by atoms with Crippen LogP contribution in [0, 0.1) is 11.3 Å². The van der Waals surface area contributed by atoms with Crippen molar-refractivity contribution in [2.24, 2.45) is 5.73 Å². The van der Waals surface area contributed by atoms with Gasteiger partial charge in [0.25, 0.3) is 5.91 Å². The molecule has 1 aromatic rings.